The average Bonchev–Trinajstić information content (AvgIpc) is 3.37. The number of nitrogens with zero attached hydrogens (tertiary/aromatic N) is 5. The van der Waals surface area contributed by atoms with Crippen molar-refractivity contribution in [2.24, 2.45) is 0 Å². The van der Waals surface area contributed by atoms with Crippen LogP contribution in [-0.4, -0.2) is 47.0 Å². The molecule has 1 aromatic carbocycles. The molecule has 0 unspecified atom stereocenters. The van der Waals surface area contributed by atoms with Crippen molar-refractivity contribution in [3.8, 4) is 11.8 Å². The highest BCUT2D eigenvalue weighted by Gasteiger charge is 2.19. The van der Waals surface area contributed by atoms with E-state index in [0.29, 0.717) is 18.3 Å². The molecule has 0 atom stereocenters. The third-order valence-corrected chi connectivity index (χ3v) is 6.54. The van der Waals surface area contributed by atoms with E-state index in [1.54, 1.807) is 6.08 Å². The van der Waals surface area contributed by atoms with Crippen LogP contribution in [0.1, 0.15) is 28.1 Å². The molecular formula is C24H26N6O2S. The molecule has 2 aromatic heterocycles. The molecule has 1 amide bonds. The number of hydrogen-bond acceptors (Lipinski definition) is 7. The molecule has 33 heavy (non-hydrogen) atoms. The summed E-state index contributed by atoms with van der Waals surface area (Å²) in [5, 5.41) is 21.7. The fourth-order valence-electron chi connectivity index (χ4n) is 3.98. The first-order valence-corrected chi connectivity index (χ1v) is 11.5. The minimum absolute atomic E-state index is 0.0130. The standard InChI is InChI=1S/C24H26N6O2S/c1-15-5-6-21(16(2)11-15)30-17(3)12-19(18(30)4)13-20(14-25)22(31)26-23-27-28-24(33-23)29-7-9-32-10-8-29/h5-6,11-13H,7-10H2,1-4H3,(H,26,27,31)/b20-13-. The van der Waals surface area contributed by atoms with Crippen LogP contribution in [0.5, 0.6) is 0 Å². The Bertz CT molecular complexity index is 1260. The van der Waals surface area contributed by atoms with Gasteiger partial charge < -0.3 is 14.2 Å². The predicted octanol–water partition coefficient (Wildman–Crippen LogP) is 3.94. The van der Waals surface area contributed by atoms with Crippen LogP contribution in [0.3, 0.4) is 0 Å². The molecule has 3 heterocycles. The Balaban J connectivity index is 1.56. The average molecular weight is 463 g/mol. The lowest BCUT2D eigenvalue weighted by Crippen LogP contribution is -2.36. The fourth-order valence-corrected chi connectivity index (χ4v) is 4.77. The number of carbonyl (C=O) groups excluding carboxylic acids is 1. The number of aromatic nitrogens is 3. The first-order chi connectivity index (χ1) is 15.9. The van der Waals surface area contributed by atoms with E-state index in [4.69, 9.17) is 4.74 Å². The van der Waals surface area contributed by atoms with Crippen LogP contribution in [0.25, 0.3) is 11.8 Å². The minimum atomic E-state index is -0.501. The van der Waals surface area contributed by atoms with E-state index >= 15 is 0 Å². The number of nitrogens with one attached hydrogen (secondary N) is 1. The van der Waals surface area contributed by atoms with Crippen molar-refractivity contribution >= 4 is 33.6 Å². The van der Waals surface area contributed by atoms with Crippen LogP contribution >= 0.6 is 11.3 Å². The molecule has 8 nitrogen and oxygen atoms in total. The summed E-state index contributed by atoms with van der Waals surface area (Å²) in [5.74, 6) is -0.501. The monoisotopic (exact) mass is 462 g/mol. The van der Waals surface area contributed by atoms with Crippen molar-refractivity contribution in [2.75, 3.05) is 36.5 Å². The van der Waals surface area contributed by atoms with Crippen molar-refractivity contribution in [2.45, 2.75) is 27.7 Å². The van der Waals surface area contributed by atoms with Crippen LogP contribution < -0.4 is 10.2 Å². The molecule has 9 heteroatoms. The van der Waals surface area contributed by atoms with E-state index in [1.165, 1.54) is 16.9 Å². The molecule has 4 rings (SSSR count). The zero-order valence-electron chi connectivity index (χ0n) is 19.2. The van der Waals surface area contributed by atoms with Gasteiger partial charge in [-0.1, -0.05) is 29.0 Å². The quantitative estimate of drug-likeness (QED) is 0.456. The van der Waals surface area contributed by atoms with Crippen LogP contribution in [0.15, 0.2) is 29.8 Å². The first kappa shape index (κ1) is 22.7. The Hall–Kier alpha value is -3.48. The number of amides is 1. The largest absolute Gasteiger partial charge is 0.378 e. The first-order valence-electron chi connectivity index (χ1n) is 10.7. The zero-order chi connectivity index (χ0) is 23.5. The SMILES string of the molecule is Cc1ccc(-n2c(C)cc(/C=C(/C#N)C(=O)Nc3nnc(N4CCOCC4)s3)c2C)c(C)c1. The number of anilines is 2. The Labute approximate surface area is 197 Å². The summed E-state index contributed by atoms with van der Waals surface area (Å²) in [7, 11) is 0. The number of aryl methyl sites for hydroxylation is 3. The van der Waals surface area contributed by atoms with E-state index < -0.39 is 5.91 Å². The summed E-state index contributed by atoms with van der Waals surface area (Å²) in [5.41, 5.74) is 6.29. The lowest BCUT2D eigenvalue weighted by Gasteiger charge is -2.25. The summed E-state index contributed by atoms with van der Waals surface area (Å²) >= 11 is 1.29. The normalized spacial score (nSPS) is 14.3. The van der Waals surface area contributed by atoms with Gasteiger partial charge in [0.25, 0.3) is 5.91 Å². The lowest BCUT2D eigenvalue weighted by molar-refractivity contribution is -0.112. The Morgan fingerprint density at radius 3 is 2.64 bits per heavy atom. The number of hydrogen-bond donors (Lipinski definition) is 1. The molecule has 3 aromatic rings. The molecule has 1 fully saturated rings. The van der Waals surface area contributed by atoms with Gasteiger partial charge in [0.2, 0.25) is 10.3 Å². The Kier molecular flexibility index (Phi) is 6.58. The number of ether oxygens (including phenoxy) is 1. The minimum Gasteiger partial charge on any atom is -0.378 e. The maximum absolute atomic E-state index is 12.8. The second-order valence-electron chi connectivity index (χ2n) is 8.06. The fraction of sp³-hybridized carbons (Fsp3) is 0.333. The zero-order valence-corrected chi connectivity index (χ0v) is 20.0. The van der Waals surface area contributed by atoms with Gasteiger partial charge >= 0.3 is 0 Å². The van der Waals surface area contributed by atoms with Crippen LogP contribution in [0.2, 0.25) is 0 Å². The Morgan fingerprint density at radius 1 is 1.18 bits per heavy atom. The molecule has 1 N–H and O–H groups in total. The molecule has 1 saturated heterocycles. The van der Waals surface area contributed by atoms with Gasteiger partial charge in [0.15, 0.2) is 0 Å². The predicted molar refractivity (Wildman–Crippen MR) is 130 cm³/mol. The number of benzene rings is 1. The van der Waals surface area contributed by atoms with E-state index in [-0.39, 0.29) is 5.57 Å². The van der Waals surface area contributed by atoms with Gasteiger partial charge in [0.05, 0.1) is 13.2 Å². The summed E-state index contributed by atoms with van der Waals surface area (Å²) in [6.07, 6.45) is 1.63. The number of morpholine rings is 1. The topological polar surface area (TPSA) is 96.1 Å². The highest BCUT2D eigenvalue weighted by Crippen LogP contribution is 2.27. The number of rotatable bonds is 5. The maximum Gasteiger partial charge on any atom is 0.268 e. The van der Waals surface area contributed by atoms with Crippen molar-refractivity contribution in [1.82, 2.24) is 14.8 Å². The van der Waals surface area contributed by atoms with Crippen LogP contribution in [-0.2, 0) is 9.53 Å². The summed E-state index contributed by atoms with van der Waals surface area (Å²) in [6, 6.07) is 10.3. The van der Waals surface area contributed by atoms with Gasteiger partial charge in [-0.25, -0.2) is 0 Å². The second kappa shape index (κ2) is 9.57. The maximum atomic E-state index is 12.8. The van der Waals surface area contributed by atoms with Gasteiger partial charge in [0.1, 0.15) is 11.6 Å². The van der Waals surface area contributed by atoms with Crippen molar-refractivity contribution in [3.05, 3.63) is 57.9 Å². The van der Waals surface area contributed by atoms with Crippen molar-refractivity contribution < 1.29 is 9.53 Å². The van der Waals surface area contributed by atoms with E-state index in [0.717, 1.165) is 46.4 Å². The van der Waals surface area contributed by atoms with Crippen molar-refractivity contribution in [3.63, 3.8) is 0 Å². The third kappa shape index (κ3) is 4.82. The summed E-state index contributed by atoms with van der Waals surface area (Å²) < 4.78 is 7.50. The van der Waals surface area contributed by atoms with Gasteiger partial charge in [-0.3, -0.25) is 10.1 Å². The van der Waals surface area contributed by atoms with Gasteiger partial charge in [-0.15, -0.1) is 10.2 Å². The van der Waals surface area contributed by atoms with Gasteiger partial charge in [-0.2, -0.15) is 5.26 Å². The van der Waals surface area contributed by atoms with Crippen molar-refractivity contribution in [1.29, 1.82) is 5.26 Å². The third-order valence-electron chi connectivity index (χ3n) is 5.64. The van der Waals surface area contributed by atoms with E-state index in [9.17, 15) is 10.1 Å². The number of nitriles is 1. The molecule has 0 radical (unpaired) electrons. The van der Waals surface area contributed by atoms with E-state index in [1.807, 2.05) is 26.0 Å². The lowest BCUT2D eigenvalue weighted by atomic mass is 10.1. The summed E-state index contributed by atoms with van der Waals surface area (Å²) in [6.45, 7) is 10.9. The van der Waals surface area contributed by atoms with Crippen LogP contribution in [0.4, 0.5) is 10.3 Å². The molecular weight excluding hydrogens is 436 g/mol. The molecule has 0 aliphatic carbocycles. The molecule has 170 valence electrons. The van der Waals surface area contributed by atoms with E-state index in [2.05, 4.69) is 57.0 Å². The summed E-state index contributed by atoms with van der Waals surface area (Å²) in [4.78, 5) is 14.9. The Morgan fingerprint density at radius 2 is 1.94 bits per heavy atom. The van der Waals surface area contributed by atoms with Gasteiger partial charge in [-0.05, 0) is 57.0 Å². The second-order valence-corrected chi connectivity index (χ2v) is 9.02. The highest BCUT2D eigenvalue weighted by molar-refractivity contribution is 7.19. The molecule has 1 aliphatic heterocycles. The molecule has 0 bridgehead atoms. The van der Waals surface area contributed by atoms with Crippen LogP contribution in [0, 0.1) is 39.0 Å². The number of carbonyl (C=O) groups is 1. The molecule has 1 aliphatic rings. The molecule has 0 spiro atoms. The highest BCUT2D eigenvalue weighted by atomic mass is 32.1. The smallest absolute Gasteiger partial charge is 0.268 e. The molecule has 0 saturated carbocycles. The van der Waals surface area contributed by atoms with Gasteiger partial charge in [0, 0.05) is 30.2 Å².